The van der Waals surface area contributed by atoms with Crippen LogP contribution in [-0.2, 0) is 19.0 Å². The molecule has 1 saturated heterocycles. The van der Waals surface area contributed by atoms with Crippen LogP contribution in [0.5, 0.6) is 0 Å². The first kappa shape index (κ1) is 23.9. The molecule has 0 bridgehead atoms. The van der Waals surface area contributed by atoms with Crippen LogP contribution in [0.2, 0.25) is 0 Å². The molecule has 0 amide bonds. The van der Waals surface area contributed by atoms with E-state index in [2.05, 4.69) is 0 Å². The summed E-state index contributed by atoms with van der Waals surface area (Å²) in [5.74, 6) is -2.44. The van der Waals surface area contributed by atoms with Crippen molar-refractivity contribution in [3.05, 3.63) is 0 Å². The summed E-state index contributed by atoms with van der Waals surface area (Å²) in [5, 5.41) is 46.6. The number of rotatable bonds is 2. The number of aliphatic hydroxyl groups excluding tert-OH is 2. The molecule has 33 heavy (non-hydrogen) atoms. The number of ether oxygens (including phenoxy) is 3. The molecule has 4 aliphatic carbocycles. The summed E-state index contributed by atoms with van der Waals surface area (Å²) in [5.41, 5.74) is -4.19. The minimum Gasteiger partial charge on any atom is -0.466 e. The van der Waals surface area contributed by atoms with Gasteiger partial charge in [0.25, 0.3) is 0 Å². The fraction of sp³-hybridized carbons (Fsp3) is 0.960. The number of aliphatic hydroxyl groups is 4. The molecule has 5 rings (SSSR count). The molecule has 0 aromatic heterocycles. The first-order valence-electron chi connectivity index (χ1n) is 12.6. The molecule has 4 saturated carbocycles. The van der Waals surface area contributed by atoms with Crippen molar-refractivity contribution in [3.8, 4) is 0 Å². The minimum atomic E-state index is -1.27. The van der Waals surface area contributed by atoms with E-state index in [1.807, 2.05) is 20.8 Å². The highest BCUT2D eigenvalue weighted by molar-refractivity contribution is 5.74. The van der Waals surface area contributed by atoms with Crippen LogP contribution >= 0.6 is 0 Å². The van der Waals surface area contributed by atoms with Crippen molar-refractivity contribution in [2.45, 2.75) is 108 Å². The second kappa shape index (κ2) is 7.37. The van der Waals surface area contributed by atoms with Crippen molar-refractivity contribution >= 4 is 5.97 Å². The topological polar surface area (TPSA) is 126 Å². The molecule has 5 aliphatic rings. The van der Waals surface area contributed by atoms with Crippen molar-refractivity contribution in [3.63, 3.8) is 0 Å². The van der Waals surface area contributed by atoms with Crippen LogP contribution in [-0.4, -0.2) is 74.9 Å². The summed E-state index contributed by atoms with van der Waals surface area (Å²) in [6.07, 6.45) is 0.587. The maximum Gasteiger partial charge on any atom is 0.309 e. The Labute approximate surface area is 195 Å². The zero-order valence-corrected chi connectivity index (χ0v) is 20.2. The minimum absolute atomic E-state index is 0.195. The molecule has 1 spiro atoms. The van der Waals surface area contributed by atoms with E-state index in [4.69, 9.17) is 14.2 Å². The van der Waals surface area contributed by atoms with E-state index in [0.29, 0.717) is 32.1 Å². The second-order valence-electron chi connectivity index (χ2n) is 12.1. The predicted molar refractivity (Wildman–Crippen MR) is 117 cm³/mol. The molecule has 8 nitrogen and oxygen atoms in total. The monoisotopic (exact) mass is 468 g/mol. The summed E-state index contributed by atoms with van der Waals surface area (Å²) in [4.78, 5) is 12.8. The highest BCUT2D eigenvalue weighted by Gasteiger charge is 2.77. The maximum absolute atomic E-state index is 12.8. The standard InChI is InChI=1S/C25H40O8/c1-5-31-20(28)16-7-9-25(30)15-6-8-23(29)11-14(26)10-18-24(23,13-32-21(2,3)33-18)19(15)17(27)12-22(16,25)4/h14-19,26-27,29-30H,5-13H2,1-4H3. The summed E-state index contributed by atoms with van der Waals surface area (Å²) >= 11 is 0. The summed E-state index contributed by atoms with van der Waals surface area (Å²) in [6.45, 7) is 7.81. The van der Waals surface area contributed by atoms with Gasteiger partial charge in [0, 0.05) is 24.2 Å². The molecule has 10 unspecified atom stereocenters. The number of carbonyl (C=O) groups is 1. The van der Waals surface area contributed by atoms with Gasteiger partial charge in [0.05, 0.1) is 54.1 Å². The lowest BCUT2D eigenvalue weighted by Gasteiger charge is -2.70. The molecule has 1 heterocycles. The van der Waals surface area contributed by atoms with Crippen LogP contribution in [0.4, 0.5) is 0 Å². The molecular formula is C25H40O8. The van der Waals surface area contributed by atoms with Gasteiger partial charge >= 0.3 is 5.97 Å². The lowest BCUT2D eigenvalue weighted by Crippen LogP contribution is -2.78. The van der Waals surface area contributed by atoms with E-state index in [-0.39, 0.29) is 37.9 Å². The fourth-order valence-electron chi connectivity index (χ4n) is 8.89. The third-order valence-corrected chi connectivity index (χ3v) is 10.3. The van der Waals surface area contributed by atoms with Gasteiger partial charge in [-0.1, -0.05) is 6.92 Å². The fourth-order valence-corrected chi connectivity index (χ4v) is 8.89. The molecular weight excluding hydrogens is 428 g/mol. The van der Waals surface area contributed by atoms with Crippen molar-refractivity contribution in [1.29, 1.82) is 0 Å². The van der Waals surface area contributed by atoms with Gasteiger partial charge < -0.3 is 34.6 Å². The molecule has 0 aromatic carbocycles. The van der Waals surface area contributed by atoms with Gasteiger partial charge in [-0.3, -0.25) is 4.79 Å². The van der Waals surface area contributed by atoms with Gasteiger partial charge in [0.15, 0.2) is 5.79 Å². The van der Waals surface area contributed by atoms with Gasteiger partial charge in [-0.05, 0) is 58.8 Å². The Morgan fingerprint density at radius 3 is 2.52 bits per heavy atom. The molecule has 0 aromatic rings. The number of hydrogen-bond acceptors (Lipinski definition) is 8. The van der Waals surface area contributed by atoms with E-state index in [0.717, 1.165) is 0 Å². The Morgan fingerprint density at radius 1 is 1.09 bits per heavy atom. The molecule has 0 radical (unpaired) electrons. The largest absolute Gasteiger partial charge is 0.466 e. The van der Waals surface area contributed by atoms with E-state index >= 15 is 0 Å². The van der Waals surface area contributed by atoms with Crippen molar-refractivity contribution in [1.82, 2.24) is 0 Å². The molecule has 5 fully saturated rings. The van der Waals surface area contributed by atoms with Crippen molar-refractivity contribution in [2.75, 3.05) is 13.2 Å². The zero-order valence-electron chi connectivity index (χ0n) is 20.2. The normalized spacial score (nSPS) is 55.0. The Hall–Kier alpha value is -0.770. The van der Waals surface area contributed by atoms with Gasteiger partial charge in [0.1, 0.15) is 0 Å². The van der Waals surface area contributed by atoms with Crippen molar-refractivity contribution < 1.29 is 39.4 Å². The van der Waals surface area contributed by atoms with Crippen LogP contribution < -0.4 is 0 Å². The molecule has 188 valence electrons. The lowest BCUT2D eigenvalue weighted by molar-refractivity contribution is -0.401. The number of fused-ring (bicyclic) bond motifs is 3. The first-order valence-corrected chi connectivity index (χ1v) is 12.6. The Balaban J connectivity index is 1.58. The third kappa shape index (κ3) is 3.01. The Bertz CT molecular complexity index is 816. The molecule has 8 heteroatoms. The first-order chi connectivity index (χ1) is 15.3. The van der Waals surface area contributed by atoms with Gasteiger partial charge in [-0.25, -0.2) is 0 Å². The number of hydrogen-bond donors (Lipinski definition) is 4. The number of carbonyl (C=O) groups excluding carboxylic acids is 1. The third-order valence-electron chi connectivity index (χ3n) is 10.3. The number of esters is 1. The summed E-state index contributed by atoms with van der Waals surface area (Å²) < 4.78 is 17.8. The highest BCUT2D eigenvalue weighted by Crippen LogP contribution is 2.71. The van der Waals surface area contributed by atoms with Gasteiger partial charge in [0.2, 0.25) is 0 Å². The zero-order chi connectivity index (χ0) is 24.0. The highest BCUT2D eigenvalue weighted by atomic mass is 16.7. The van der Waals surface area contributed by atoms with Gasteiger partial charge in [-0.15, -0.1) is 0 Å². The van der Waals surface area contributed by atoms with Crippen LogP contribution in [0.3, 0.4) is 0 Å². The summed E-state index contributed by atoms with van der Waals surface area (Å²) in [6, 6.07) is 0. The Morgan fingerprint density at radius 2 is 1.82 bits per heavy atom. The summed E-state index contributed by atoms with van der Waals surface area (Å²) in [7, 11) is 0. The van der Waals surface area contributed by atoms with Crippen LogP contribution in [0.15, 0.2) is 0 Å². The second-order valence-corrected chi connectivity index (χ2v) is 12.1. The van der Waals surface area contributed by atoms with E-state index in [9.17, 15) is 25.2 Å². The lowest BCUT2D eigenvalue weighted by atomic mass is 9.40. The molecule has 1 aliphatic heterocycles. The maximum atomic E-state index is 12.8. The predicted octanol–water partition coefficient (Wildman–Crippen LogP) is 1.51. The quantitative estimate of drug-likeness (QED) is 0.450. The van der Waals surface area contributed by atoms with Crippen LogP contribution in [0.1, 0.15) is 72.6 Å². The van der Waals surface area contributed by atoms with E-state index < -0.39 is 58.0 Å². The van der Waals surface area contributed by atoms with Gasteiger partial charge in [-0.2, -0.15) is 0 Å². The SMILES string of the molecule is CCOC(=O)C1CCC2(O)C3CCC4(O)CC(O)CC5OC(C)(C)OCC54C3C(O)CC12C. The average molecular weight is 469 g/mol. The molecule has 10 atom stereocenters. The molecule has 4 N–H and O–H groups in total. The van der Waals surface area contributed by atoms with Crippen LogP contribution in [0, 0.1) is 28.6 Å². The van der Waals surface area contributed by atoms with E-state index in [1.165, 1.54) is 0 Å². The van der Waals surface area contributed by atoms with Crippen molar-refractivity contribution in [2.24, 2.45) is 28.6 Å². The van der Waals surface area contributed by atoms with E-state index in [1.54, 1.807) is 6.92 Å². The van der Waals surface area contributed by atoms with Crippen LogP contribution in [0.25, 0.3) is 0 Å². The smallest absolute Gasteiger partial charge is 0.309 e. The Kier molecular flexibility index (Phi) is 5.35. The average Bonchev–Trinajstić information content (AvgIpc) is 2.97.